The van der Waals surface area contributed by atoms with Crippen molar-refractivity contribution in [3.63, 3.8) is 0 Å². The van der Waals surface area contributed by atoms with E-state index in [0.717, 1.165) is 5.92 Å². The minimum absolute atomic E-state index is 0.460. The highest BCUT2D eigenvalue weighted by atomic mass is 79.9. The van der Waals surface area contributed by atoms with Gasteiger partial charge in [0, 0.05) is 4.83 Å². The second-order valence-corrected chi connectivity index (χ2v) is 8.21. The van der Waals surface area contributed by atoms with E-state index in [2.05, 4.69) is 67.9 Å². The molecule has 1 fully saturated rings. The van der Waals surface area contributed by atoms with Crippen LogP contribution in [0.15, 0.2) is 24.3 Å². The third kappa shape index (κ3) is 3.47. The van der Waals surface area contributed by atoms with Crippen LogP contribution in [0.4, 0.5) is 0 Å². The molecule has 1 aromatic rings. The van der Waals surface area contributed by atoms with Crippen molar-refractivity contribution in [2.75, 3.05) is 0 Å². The molecule has 112 valence electrons. The van der Waals surface area contributed by atoms with Gasteiger partial charge in [0.2, 0.25) is 0 Å². The third-order valence-electron chi connectivity index (χ3n) is 5.38. The fourth-order valence-electron chi connectivity index (χ4n) is 3.54. The number of benzene rings is 1. The third-order valence-corrected chi connectivity index (χ3v) is 6.55. The molecule has 3 atom stereocenters. The van der Waals surface area contributed by atoms with E-state index in [1.54, 1.807) is 0 Å². The second kappa shape index (κ2) is 6.64. The maximum atomic E-state index is 4.00. The Hall–Kier alpha value is -0.300. The first-order chi connectivity index (χ1) is 9.45. The van der Waals surface area contributed by atoms with Gasteiger partial charge >= 0.3 is 0 Å². The number of alkyl halides is 1. The Kier molecular flexibility index (Phi) is 5.34. The molecule has 0 amide bonds. The van der Waals surface area contributed by atoms with Gasteiger partial charge in [-0.1, -0.05) is 80.7 Å². The van der Waals surface area contributed by atoms with Crippen LogP contribution in [0.5, 0.6) is 0 Å². The molecule has 0 aromatic heterocycles. The van der Waals surface area contributed by atoms with Gasteiger partial charge in [0.25, 0.3) is 0 Å². The van der Waals surface area contributed by atoms with Crippen molar-refractivity contribution in [1.82, 2.24) is 0 Å². The first-order valence-corrected chi connectivity index (χ1v) is 9.11. The molecule has 1 aromatic carbocycles. The lowest BCUT2D eigenvalue weighted by Crippen LogP contribution is -2.30. The molecular weight excluding hydrogens is 308 g/mol. The molecular formula is C19H29Br. The molecule has 0 bridgehead atoms. The van der Waals surface area contributed by atoms with Gasteiger partial charge in [-0.3, -0.25) is 0 Å². The molecule has 20 heavy (non-hydrogen) atoms. The van der Waals surface area contributed by atoms with Crippen LogP contribution in [0.3, 0.4) is 0 Å². The molecule has 0 radical (unpaired) electrons. The summed E-state index contributed by atoms with van der Waals surface area (Å²) in [6, 6.07) is 9.33. The van der Waals surface area contributed by atoms with Crippen LogP contribution in [0.1, 0.15) is 81.7 Å². The van der Waals surface area contributed by atoms with E-state index in [4.69, 9.17) is 0 Å². The molecule has 2 rings (SSSR count). The minimum Gasteiger partial charge on any atom is -0.0836 e. The highest BCUT2D eigenvalue weighted by molar-refractivity contribution is 9.09. The Morgan fingerprint density at radius 1 is 1.15 bits per heavy atom. The Morgan fingerprint density at radius 2 is 1.75 bits per heavy atom. The summed E-state index contributed by atoms with van der Waals surface area (Å²) in [5.41, 5.74) is 3.39. The van der Waals surface area contributed by atoms with Crippen molar-refractivity contribution in [2.24, 2.45) is 11.3 Å². The van der Waals surface area contributed by atoms with Crippen LogP contribution in [-0.4, -0.2) is 0 Å². The summed E-state index contributed by atoms with van der Waals surface area (Å²) in [6.45, 7) is 9.46. The van der Waals surface area contributed by atoms with Crippen molar-refractivity contribution in [3.05, 3.63) is 35.4 Å². The molecule has 0 heterocycles. The summed E-state index contributed by atoms with van der Waals surface area (Å²) in [6.07, 6.45) is 6.73. The number of halogens is 1. The van der Waals surface area contributed by atoms with E-state index in [0.29, 0.717) is 16.2 Å². The van der Waals surface area contributed by atoms with E-state index in [1.807, 2.05) is 0 Å². The predicted molar refractivity (Wildman–Crippen MR) is 92.6 cm³/mol. The van der Waals surface area contributed by atoms with E-state index < -0.39 is 0 Å². The molecule has 0 N–H and O–H groups in total. The summed E-state index contributed by atoms with van der Waals surface area (Å²) >= 11 is 4.00. The van der Waals surface area contributed by atoms with Crippen LogP contribution < -0.4 is 0 Å². The summed E-state index contributed by atoms with van der Waals surface area (Å²) in [7, 11) is 0. The normalized spacial score (nSPS) is 25.1. The molecule has 1 aliphatic rings. The van der Waals surface area contributed by atoms with E-state index in [1.165, 1.54) is 43.2 Å². The summed E-state index contributed by atoms with van der Waals surface area (Å²) < 4.78 is 0. The van der Waals surface area contributed by atoms with Gasteiger partial charge in [-0.2, -0.15) is 0 Å². The van der Waals surface area contributed by atoms with Crippen LogP contribution in [0.2, 0.25) is 0 Å². The number of hydrogen-bond donors (Lipinski definition) is 0. The smallest absolute Gasteiger partial charge is 0.0428 e. The van der Waals surface area contributed by atoms with Crippen LogP contribution in [-0.2, 0) is 0 Å². The monoisotopic (exact) mass is 336 g/mol. The van der Waals surface area contributed by atoms with Crippen molar-refractivity contribution in [3.8, 4) is 0 Å². The zero-order valence-corrected chi connectivity index (χ0v) is 15.0. The van der Waals surface area contributed by atoms with Gasteiger partial charge in [-0.25, -0.2) is 0 Å². The average molecular weight is 337 g/mol. The van der Waals surface area contributed by atoms with Gasteiger partial charge < -0.3 is 0 Å². The Balaban J connectivity index is 2.14. The maximum Gasteiger partial charge on any atom is 0.0428 e. The second-order valence-electron chi connectivity index (χ2n) is 7.22. The van der Waals surface area contributed by atoms with Crippen molar-refractivity contribution >= 4 is 15.9 Å². The molecule has 3 unspecified atom stereocenters. The largest absolute Gasteiger partial charge is 0.0836 e. The van der Waals surface area contributed by atoms with Gasteiger partial charge in [-0.05, 0) is 47.6 Å². The highest BCUT2D eigenvalue weighted by Gasteiger charge is 2.36. The van der Waals surface area contributed by atoms with Gasteiger partial charge in [0.05, 0.1) is 0 Å². The van der Waals surface area contributed by atoms with Crippen LogP contribution >= 0.6 is 15.9 Å². The fraction of sp³-hybridized carbons (Fsp3) is 0.684. The van der Waals surface area contributed by atoms with Crippen molar-refractivity contribution in [2.45, 2.75) is 70.5 Å². The molecule has 1 aliphatic carbocycles. The lowest BCUT2D eigenvalue weighted by molar-refractivity contribution is 0.136. The Morgan fingerprint density at radius 3 is 2.30 bits per heavy atom. The Bertz CT molecular complexity index is 418. The number of hydrogen-bond acceptors (Lipinski definition) is 0. The minimum atomic E-state index is 0.460. The summed E-state index contributed by atoms with van der Waals surface area (Å²) in [4.78, 5) is 0.504. The summed E-state index contributed by atoms with van der Waals surface area (Å²) in [5.74, 6) is 1.43. The SMILES string of the molecule is CCC(C)c1ccc(C(Br)C2CCCCC2(C)C)cc1. The Labute approximate surface area is 133 Å². The van der Waals surface area contributed by atoms with Crippen molar-refractivity contribution < 1.29 is 0 Å². The fourth-order valence-corrected chi connectivity index (χ4v) is 4.82. The van der Waals surface area contributed by atoms with Crippen molar-refractivity contribution in [1.29, 1.82) is 0 Å². The van der Waals surface area contributed by atoms with E-state index in [-0.39, 0.29) is 0 Å². The first-order valence-electron chi connectivity index (χ1n) is 8.19. The summed E-state index contributed by atoms with van der Waals surface area (Å²) in [5, 5.41) is 0. The van der Waals surface area contributed by atoms with E-state index in [9.17, 15) is 0 Å². The van der Waals surface area contributed by atoms with Gasteiger partial charge in [0.15, 0.2) is 0 Å². The van der Waals surface area contributed by atoms with Gasteiger partial charge in [-0.15, -0.1) is 0 Å². The lowest BCUT2D eigenvalue weighted by Gasteiger charge is -2.41. The number of rotatable bonds is 4. The molecule has 1 saturated carbocycles. The predicted octanol–water partition coefficient (Wildman–Crippen LogP) is 6.85. The average Bonchev–Trinajstić information content (AvgIpc) is 2.45. The highest BCUT2D eigenvalue weighted by Crippen LogP contribution is 2.50. The standard InChI is InChI=1S/C19H29Br/c1-5-14(2)15-9-11-16(12-10-15)18(20)17-8-6-7-13-19(17,3)4/h9-12,14,17-18H,5-8,13H2,1-4H3. The zero-order chi connectivity index (χ0) is 14.8. The van der Waals surface area contributed by atoms with Crippen LogP contribution in [0, 0.1) is 11.3 Å². The van der Waals surface area contributed by atoms with Crippen LogP contribution in [0.25, 0.3) is 0 Å². The molecule has 1 heteroatoms. The molecule has 0 saturated heterocycles. The lowest BCUT2D eigenvalue weighted by atomic mass is 9.67. The molecule has 0 aliphatic heterocycles. The molecule has 0 nitrogen and oxygen atoms in total. The topological polar surface area (TPSA) is 0 Å². The van der Waals surface area contributed by atoms with Gasteiger partial charge in [0.1, 0.15) is 0 Å². The van der Waals surface area contributed by atoms with E-state index >= 15 is 0 Å². The molecule has 0 spiro atoms. The first kappa shape index (κ1) is 16.1. The maximum absolute atomic E-state index is 4.00. The zero-order valence-electron chi connectivity index (χ0n) is 13.5. The quantitative estimate of drug-likeness (QED) is 0.527.